The van der Waals surface area contributed by atoms with Gasteiger partial charge in [-0.25, -0.2) is 0 Å². The van der Waals surface area contributed by atoms with Crippen LogP contribution < -0.4 is 14.4 Å². The first-order valence-electron chi connectivity index (χ1n) is 11.9. The van der Waals surface area contributed by atoms with Crippen LogP contribution in [0.2, 0.25) is 10.0 Å². The van der Waals surface area contributed by atoms with Crippen LogP contribution in [0.5, 0.6) is 11.5 Å². The van der Waals surface area contributed by atoms with Gasteiger partial charge in [-0.15, -0.1) is 0 Å². The van der Waals surface area contributed by atoms with Crippen LogP contribution in [0.15, 0.2) is 66.2 Å². The van der Waals surface area contributed by atoms with E-state index in [1.54, 1.807) is 61.5 Å². The molecule has 0 saturated carbocycles. The molecule has 0 aliphatic carbocycles. The zero-order valence-corrected chi connectivity index (χ0v) is 22.9. The maximum atomic E-state index is 13.5. The van der Waals surface area contributed by atoms with E-state index >= 15 is 0 Å². The molecule has 1 aliphatic rings. The fraction of sp³-hybridized carbons (Fsp3) is 0.207. The second kappa shape index (κ2) is 11.8. The van der Waals surface area contributed by atoms with E-state index in [9.17, 15) is 19.5 Å². The molecule has 202 valence electrons. The van der Waals surface area contributed by atoms with Gasteiger partial charge >= 0.3 is 5.97 Å². The maximum absolute atomic E-state index is 13.5. The molecule has 3 aromatic rings. The molecule has 1 heterocycles. The first-order chi connectivity index (χ1) is 18.7. The molecule has 1 unspecified atom stereocenters. The Kier molecular flexibility index (Phi) is 8.47. The van der Waals surface area contributed by atoms with E-state index in [1.165, 1.54) is 25.2 Å². The predicted molar refractivity (Wildman–Crippen MR) is 148 cm³/mol. The number of ketones is 1. The Morgan fingerprint density at radius 1 is 0.974 bits per heavy atom. The number of ether oxygens (including phenoxy) is 3. The van der Waals surface area contributed by atoms with E-state index in [1.807, 2.05) is 0 Å². The fourth-order valence-corrected chi connectivity index (χ4v) is 5.18. The van der Waals surface area contributed by atoms with Crippen molar-refractivity contribution in [1.29, 1.82) is 0 Å². The molecule has 0 radical (unpaired) electrons. The highest BCUT2D eigenvalue weighted by Crippen LogP contribution is 2.48. The second-order valence-electron chi connectivity index (χ2n) is 8.51. The van der Waals surface area contributed by atoms with Gasteiger partial charge in [-0.05, 0) is 36.2 Å². The Labute approximate surface area is 235 Å². The Hall–Kier alpha value is -4.01. The van der Waals surface area contributed by atoms with Crippen molar-refractivity contribution in [2.45, 2.75) is 19.4 Å². The number of esters is 1. The molecule has 10 heteroatoms. The molecule has 8 nitrogen and oxygen atoms in total. The van der Waals surface area contributed by atoms with Gasteiger partial charge in [-0.1, -0.05) is 65.7 Å². The number of nitrogens with zero attached hydrogens (tertiary/aromatic N) is 1. The number of hydrogen-bond acceptors (Lipinski definition) is 7. The number of rotatable bonds is 8. The summed E-state index contributed by atoms with van der Waals surface area (Å²) in [6.45, 7) is 2.00. The predicted octanol–water partition coefficient (Wildman–Crippen LogP) is 5.74. The number of Topliss-reactive ketones (excluding diaryl/α,β-unsaturated/α-hetero) is 1. The van der Waals surface area contributed by atoms with Crippen molar-refractivity contribution in [2.24, 2.45) is 0 Å². The lowest BCUT2D eigenvalue weighted by atomic mass is 9.94. The van der Waals surface area contributed by atoms with Crippen LogP contribution in [-0.2, 0) is 25.5 Å². The third-order valence-corrected chi connectivity index (χ3v) is 6.85. The molecular formula is C29H25Cl2NO7. The van der Waals surface area contributed by atoms with Gasteiger partial charge in [0, 0.05) is 5.69 Å². The average Bonchev–Trinajstić information content (AvgIpc) is 3.19. The Balaban J connectivity index is 1.88. The number of benzene rings is 3. The third-order valence-electron chi connectivity index (χ3n) is 6.22. The monoisotopic (exact) mass is 569 g/mol. The molecule has 4 rings (SSSR count). The first kappa shape index (κ1) is 28.0. The summed E-state index contributed by atoms with van der Waals surface area (Å²) in [5.41, 5.74) is 1.51. The Morgan fingerprint density at radius 3 is 2.21 bits per heavy atom. The second-order valence-corrected chi connectivity index (χ2v) is 9.30. The van der Waals surface area contributed by atoms with Crippen LogP contribution >= 0.6 is 23.2 Å². The summed E-state index contributed by atoms with van der Waals surface area (Å²) in [5.74, 6) is -2.46. The lowest BCUT2D eigenvalue weighted by Gasteiger charge is -2.26. The highest BCUT2D eigenvalue weighted by Gasteiger charge is 2.47. The first-order valence-corrected chi connectivity index (χ1v) is 12.7. The maximum Gasteiger partial charge on any atom is 0.310 e. The van der Waals surface area contributed by atoms with Crippen molar-refractivity contribution in [2.75, 3.05) is 25.7 Å². The molecule has 1 N–H and O–H groups in total. The van der Waals surface area contributed by atoms with E-state index in [0.717, 1.165) is 0 Å². The number of aliphatic hydroxyl groups excluding tert-OH is 1. The zero-order valence-electron chi connectivity index (χ0n) is 21.4. The van der Waals surface area contributed by atoms with Gasteiger partial charge in [-0.2, -0.15) is 0 Å². The molecule has 1 atom stereocenters. The summed E-state index contributed by atoms with van der Waals surface area (Å²) < 4.78 is 15.6. The number of halogens is 2. The topological polar surface area (TPSA) is 102 Å². The number of hydrogen-bond donors (Lipinski definition) is 1. The standard InChI is InChI=1S/C29H25Cl2NO7/c1-4-39-21(33)14-16-10-12-18(13-11-16)32-24(17-8-6-5-7-9-17)22(26(35)29(32)36)25(34)19-15-20(30)28(38-3)23(31)27(19)37-2/h5-13,15,24,34H,4,14H2,1-3H3/b25-22+. The minimum absolute atomic E-state index is 0.00303. The van der Waals surface area contributed by atoms with Gasteiger partial charge < -0.3 is 19.3 Å². The molecule has 3 aromatic carbocycles. The van der Waals surface area contributed by atoms with E-state index < -0.39 is 23.5 Å². The van der Waals surface area contributed by atoms with Crippen molar-refractivity contribution < 1.29 is 33.7 Å². The molecule has 1 aliphatic heterocycles. The number of aliphatic hydroxyl groups is 1. The van der Waals surface area contributed by atoms with E-state index in [2.05, 4.69) is 0 Å². The van der Waals surface area contributed by atoms with Gasteiger partial charge in [0.2, 0.25) is 0 Å². The Morgan fingerprint density at radius 2 is 1.62 bits per heavy atom. The van der Waals surface area contributed by atoms with Gasteiger partial charge in [-0.3, -0.25) is 19.3 Å². The SMILES string of the molecule is CCOC(=O)Cc1ccc(N2C(=O)C(=O)/C(=C(/O)c3cc(Cl)c(OC)c(Cl)c3OC)C2c2ccccc2)cc1. The summed E-state index contributed by atoms with van der Waals surface area (Å²) in [5, 5.41) is 11.6. The van der Waals surface area contributed by atoms with E-state index in [-0.39, 0.29) is 51.7 Å². The number of amides is 1. The van der Waals surface area contributed by atoms with Crippen LogP contribution in [0.4, 0.5) is 5.69 Å². The molecular weight excluding hydrogens is 545 g/mol. The van der Waals surface area contributed by atoms with Crippen LogP contribution in [0.3, 0.4) is 0 Å². The Bertz CT molecular complexity index is 1450. The third kappa shape index (κ3) is 5.30. The normalized spacial score (nSPS) is 16.3. The average molecular weight is 570 g/mol. The van der Waals surface area contributed by atoms with Crippen LogP contribution in [0.1, 0.15) is 29.7 Å². The minimum Gasteiger partial charge on any atom is -0.507 e. The van der Waals surface area contributed by atoms with Crippen molar-refractivity contribution >= 4 is 52.3 Å². The summed E-state index contributed by atoms with van der Waals surface area (Å²) in [4.78, 5) is 40.1. The van der Waals surface area contributed by atoms with Gasteiger partial charge in [0.05, 0.1) is 49.4 Å². The smallest absolute Gasteiger partial charge is 0.310 e. The number of carbonyl (C=O) groups is 3. The lowest BCUT2D eigenvalue weighted by molar-refractivity contribution is -0.142. The van der Waals surface area contributed by atoms with E-state index in [4.69, 9.17) is 37.4 Å². The molecule has 1 amide bonds. The van der Waals surface area contributed by atoms with Crippen LogP contribution in [0.25, 0.3) is 5.76 Å². The molecule has 1 fully saturated rings. The molecule has 39 heavy (non-hydrogen) atoms. The highest BCUT2D eigenvalue weighted by atomic mass is 35.5. The lowest BCUT2D eigenvalue weighted by Crippen LogP contribution is -2.29. The summed E-state index contributed by atoms with van der Waals surface area (Å²) in [6, 6.07) is 15.8. The number of methoxy groups -OCH3 is 2. The molecule has 0 spiro atoms. The minimum atomic E-state index is -0.980. The number of carbonyl (C=O) groups excluding carboxylic acids is 3. The number of anilines is 1. The van der Waals surface area contributed by atoms with Crippen LogP contribution in [0, 0.1) is 0 Å². The van der Waals surface area contributed by atoms with Crippen LogP contribution in [-0.4, -0.2) is 43.6 Å². The highest BCUT2D eigenvalue weighted by molar-refractivity contribution is 6.52. The summed E-state index contributed by atoms with van der Waals surface area (Å²) >= 11 is 12.8. The van der Waals surface area contributed by atoms with Gasteiger partial charge in [0.25, 0.3) is 11.7 Å². The van der Waals surface area contributed by atoms with Gasteiger partial charge in [0.1, 0.15) is 10.8 Å². The summed E-state index contributed by atoms with van der Waals surface area (Å²) in [7, 11) is 2.72. The zero-order chi connectivity index (χ0) is 28.3. The van der Waals surface area contributed by atoms with E-state index in [0.29, 0.717) is 16.8 Å². The quantitative estimate of drug-likeness (QED) is 0.159. The van der Waals surface area contributed by atoms with Crippen molar-refractivity contribution in [3.8, 4) is 11.5 Å². The molecule has 0 aromatic heterocycles. The van der Waals surface area contributed by atoms with Gasteiger partial charge in [0.15, 0.2) is 11.5 Å². The van der Waals surface area contributed by atoms with Crippen molar-refractivity contribution in [3.05, 3.63) is 93.0 Å². The summed E-state index contributed by atoms with van der Waals surface area (Å²) in [6.07, 6.45) is 0.0633. The molecule has 1 saturated heterocycles. The molecule has 0 bridgehead atoms. The van der Waals surface area contributed by atoms with Crippen molar-refractivity contribution in [1.82, 2.24) is 0 Å². The van der Waals surface area contributed by atoms with Crippen molar-refractivity contribution in [3.63, 3.8) is 0 Å². The largest absolute Gasteiger partial charge is 0.507 e. The fourth-order valence-electron chi connectivity index (χ4n) is 4.49.